The number of nitriles is 1. The van der Waals surface area contributed by atoms with Gasteiger partial charge in [-0.3, -0.25) is 4.79 Å². The van der Waals surface area contributed by atoms with E-state index in [0.29, 0.717) is 18.4 Å². The van der Waals surface area contributed by atoms with Crippen LogP contribution >= 0.6 is 0 Å². The Labute approximate surface area is 109 Å². The van der Waals surface area contributed by atoms with Crippen molar-refractivity contribution in [1.82, 2.24) is 4.90 Å². The highest BCUT2D eigenvalue weighted by Gasteiger charge is 2.32. The van der Waals surface area contributed by atoms with Gasteiger partial charge >= 0.3 is 0 Å². The first kappa shape index (κ1) is 13.4. The molecular formula is C14H22N2O2. The van der Waals surface area contributed by atoms with Crippen LogP contribution in [0.4, 0.5) is 0 Å². The molecule has 1 aliphatic carbocycles. The van der Waals surface area contributed by atoms with E-state index in [0.717, 1.165) is 45.1 Å². The smallest absolute Gasteiger partial charge is 0.251 e. The van der Waals surface area contributed by atoms with Crippen LogP contribution in [-0.4, -0.2) is 36.6 Å². The zero-order valence-corrected chi connectivity index (χ0v) is 11.1. The number of carbonyl (C=O) groups excluding carboxylic acids is 1. The Kier molecular flexibility index (Phi) is 4.60. The van der Waals surface area contributed by atoms with E-state index in [1.165, 1.54) is 0 Å². The van der Waals surface area contributed by atoms with Crippen LogP contribution < -0.4 is 0 Å². The molecule has 1 unspecified atom stereocenters. The van der Waals surface area contributed by atoms with Crippen LogP contribution in [0.15, 0.2) is 0 Å². The first-order valence-electron chi connectivity index (χ1n) is 6.97. The molecule has 4 nitrogen and oxygen atoms in total. The third kappa shape index (κ3) is 3.02. The molecule has 100 valence electrons. The summed E-state index contributed by atoms with van der Waals surface area (Å²) in [6.07, 6.45) is 6.53. The van der Waals surface area contributed by atoms with Gasteiger partial charge in [0.25, 0.3) is 5.91 Å². The summed E-state index contributed by atoms with van der Waals surface area (Å²) in [7, 11) is 1.90. The lowest BCUT2D eigenvalue weighted by atomic mass is 9.84. The quantitative estimate of drug-likeness (QED) is 0.770. The van der Waals surface area contributed by atoms with Gasteiger partial charge in [-0.05, 0) is 44.4 Å². The molecule has 0 N–H and O–H groups in total. The van der Waals surface area contributed by atoms with Gasteiger partial charge in [0.2, 0.25) is 0 Å². The second kappa shape index (κ2) is 6.19. The number of ether oxygens (including phenoxy) is 1. The summed E-state index contributed by atoms with van der Waals surface area (Å²) in [4.78, 5) is 14.1. The molecule has 2 fully saturated rings. The van der Waals surface area contributed by atoms with E-state index in [2.05, 4.69) is 6.07 Å². The molecule has 4 heteroatoms. The van der Waals surface area contributed by atoms with Gasteiger partial charge in [0, 0.05) is 26.1 Å². The molecule has 0 aromatic heterocycles. The predicted octanol–water partition coefficient (Wildman–Crippen LogP) is 2.10. The van der Waals surface area contributed by atoms with Gasteiger partial charge in [-0.15, -0.1) is 0 Å². The molecule has 1 heterocycles. The average Bonchev–Trinajstić information content (AvgIpc) is 2.92. The first-order valence-corrected chi connectivity index (χ1v) is 6.97. The molecule has 1 atom stereocenters. The SMILES string of the molecule is CN(C(=O)C1CCCO1)C1CCC(CC#N)CC1. The molecular weight excluding hydrogens is 228 g/mol. The number of carbonyl (C=O) groups is 1. The molecule has 0 aromatic rings. The van der Waals surface area contributed by atoms with Gasteiger partial charge in [-0.25, -0.2) is 0 Å². The van der Waals surface area contributed by atoms with E-state index in [-0.39, 0.29) is 12.0 Å². The van der Waals surface area contributed by atoms with Crippen molar-refractivity contribution in [3.63, 3.8) is 0 Å². The van der Waals surface area contributed by atoms with Crippen molar-refractivity contribution >= 4 is 5.91 Å². The molecule has 1 saturated carbocycles. The minimum absolute atomic E-state index is 0.149. The van der Waals surface area contributed by atoms with Crippen molar-refractivity contribution in [2.75, 3.05) is 13.7 Å². The van der Waals surface area contributed by atoms with Crippen LogP contribution in [-0.2, 0) is 9.53 Å². The highest BCUT2D eigenvalue weighted by molar-refractivity contribution is 5.81. The Morgan fingerprint density at radius 1 is 1.33 bits per heavy atom. The third-order valence-corrected chi connectivity index (χ3v) is 4.30. The van der Waals surface area contributed by atoms with Crippen molar-refractivity contribution in [3.05, 3.63) is 0 Å². The van der Waals surface area contributed by atoms with E-state index in [1.54, 1.807) is 0 Å². The lowest BCUT2D eigenvalue weighted by Crippen LogP contribution is -2.44. The van der Waals surface area contributed by atoms with Gasteiger partial charge in [0.05, 0.1) is 6.07 Å². The fraction of sp³-hybridized carbons (Fsp3) is 0.857. The van der Waals surface area contributed by atoms with Crippen LogP contribution in [0.5, 0.6) is 0 Å². The molecule has 0 bridgehead atoms. The molecule has 1 aliphatic heterocycles. The normalized spacial score (nSPS) is 31.9. The number of amides is 1. The zero-order valence-electron chi connectivity index (χ0n) is 11.1. The van der Waals surface area contributed by atoms with Crippen LogP contribution in [0, 0.1) is 17.2 Å². The third-order valence-electron chi connectivity index (χ3n) is 4.30. The van der Waals surface area contributed by atoms with Gasteiger partial charge in [0.1, 0.15) is 6.10 Å². The Morgan fingerprint density at radius 2 is 2.06 bits per heavy atom. The molecule has 1 saturated heterocycles. The number of nitrogens with zero attached hydrogens (tertiary/aromatic N) is 2. The fourth-order valence-corrected chi connectivity index (χ4v) is 3.04. The van der Waals surface area contributed by atoms with Crippen LogP contribution in [0.25, 0.3) is 0 Å². The Hall–Kier alpha value is -1.08. The molecule has 0 aromatic carbocycles. The van der Waals surface area contributed by atoms with Crippen molar-refractivity contribution in [1.29, 1.82) is 5.26 Å². The first-order chi connectivity index (χ1) is 8.72. The monoisotopic (exact) mass is 250 g/mol. The van der Waals surface area contributed by atoms with Crippen molar-refractivity contribution < 1.29 is 9.53 Å². The highest BCUT2D eigenvalue weighted by atomic mass is 16.5. The number of likely N-dealkylation sites (N-methyl/N-ethyl adjacent to an activating group) is 1. The summed E-state index contributed by atoms with van der Waals surface area (Å²) >= 11 is 0. The summed E-state index contributed by atoms with van der Waals surface area (Å²) in [6.45, 7) is 0.721. The number of hydrogen-bond donors (Lipinski definition) is 0. The maximum absolute atomic E-state index is 12.2. The Bertz CT molecular complexity index is 323. The van der Waals surface area contributed by atoms with E-state index in [1.807, 2.05) is 11.9 Å². The summed E-state index contributed by atoms with van der Waals surface area (Å²) in [6, 6.07) is 2.59. The molecule has 0 spiro atoms. The molecule has 0 radical (unpaired) electrons. The van der Waals surface area contributed by atoms with Crippen LogP contribution in [0.3, 0.4) is 0 Å². The average molecular weight is 250 g/mol. The fourth-order valence-electron chi connectivity index (χ4n) is 3.04. The van der Waals surface area contributed by atoms with Gasteiger partial charge in [0.15, 0.2) is 0 Å². The zero-order chi connectivity index (χ0) is 13.0. The lowest BCUT2D eigenvalue weighted by molar-refractivity contribution is -0.142. The van der Waals surface area contributed by atoms with E-state index in [9.17, 15) is 4.79 Å². The van der Waals surface area contributed by atoms with Gasteiger partial charge in [-0.1, -0.05) is 0 Å². The Morgan fingerprint density at radius 3 is 2.61 bits per heavy atom. The van der Waals surface area contributed by atoms with Crippen molar-refractivity contribution in [2.24, 2.45) is 5.92 Å². The summed E-state index contributed by atoms with van der Waals surface area (Å²) in [5.41, 5.74) is 0. The van der Waals surface area contributed by atoms with Gasteiger partial charge in [-0.2, -0.15) is 5.26 Å². The molecule has 2 rings (SSSR count). The molecule has 2 aliphatic rings. The van der Waals surface area contributed by atoms with Gasteiger partial charge < -0.3 is 9.64 Å². The van der Waals surface area contributed by atoms with Crippen LogP contribution in [0.2, 0.25) is 0 Å². The van der Waals surface area contributed by atoms with E-state index >= 15 is 0 Å². The maximum atomic E-state index is 12.2. The topological polar surface area (TPSA) is 53.3 Å². The minimum atomic E-state index is -0.202. The maximum Gasteiger partial charge on any atom is 0.251 e. The summed E-state index contributed by atoms with van der Waals surface area (Å²) in [5, 5.41) is 8.69. The number of hydrogen-bond acceptors (Lipinski definition) is 3. The highest BCUT2D eigenvalue weighted by Crippen LogP contribution is 2.29. The van der Waals surface area contributed by atoms with Crippen molar-refractivity contribution in [3.8, 4) is 6.07 Å². The summed E-state index contributed by atoms with van der Waals surface area (Å²) < 4.78 is 5.45. The largest absolute Gasteiger partial charge is 0.368 e. The van der Waals surface area contributed by atoms with Crippen molar-refractivity contribution in [2.45, 2.75) is 57.1 Å². The van der Waals surface area contributed by atoms with E-state index < -0.39 is 0 Å². The van der Waals surface area contributed by atoms with Crippen LogP contribution in [0.1, 0.15) is 44.9 Å². The molecule has 1 amide bonds. The van der Waals surface area contributed by atoms with E-state index in [4.69, 9.17) is 10.00 Å². The Balaban J connectivity index is 1.81. The standard InChI is InChI=1S/C14H22N2O2/c1-16(14(17)13-3-2-10-18-13)12-6-4-11(5-7-12)8-9-15/h11-13H,2-8,10H2,1H3. The second-order valence-electron chi connectivity index (χ2n) is 5.49. The lowest BCUT2D eigenvalue weighted by Gasteiger charge is -2.35. The minimum Gasteiger partial charge on any atom is -0.368 e. The second-order valence-corrected chi connectivity index (χ2v) is 5.49. The predicted molar refractivity (Wildman–Crippen MR) is 67.7 cm³/mol. The summed E-state index contributed by atoms with van der Waals surface area (Å²) in [5.74, 6) is 0.689. The molecule has 18 heavy (non-hydrogen) atoms. The number of rotatable bonds is 3.